The molecule has 0 aromatic heterocycles. The van der Waals surface area contributed by atoms with Gasteiger partial charge in [0.2, 0.25) is 0 Å². The van der Waals surface area contributed by atoms with E-state index in [1.165, 1.54) is 0 Å². The molecule has 0 fully saturated rings. The molecule has 0 radical (unpaired) electrons. The SMILES string of the molecule is O=C(O)C(O)(CCC(F)(F)F)Cc1ccccc1. The predicted molar refractivity (Wildman–Crippen MR) is 58.0 cm³/mol. The molecule has 0 bridgehead atoms. The molecule has 1 aromatic carbocycles. The highest BCUT2D eigenvalue weighted by molar-refractivity contribution is 5.77. The average Bonchev–Trinajstić information content (AvgIpc) is 2.27. The number of carboxylic acids is 1. The standard InChI is InChI=1S/C12H13F3O3/c13-12(14,15)7-6-11(18,10(16)17)8-9-4-2-1-3-5-9/h1-5,18H,6-8H2,(H,16,17). The van der Waals surface area contributed by atoms with Gasteiger partial charge >= 0.3 is 12.1 Å². The molecule has 6 heteroatoms. The normalized spacial score (nSPS) is 15.1. The molecule has 1 unspecified atom stereocenters. The number of hydrogen-bond acceptors (Lipinski definition) is 2. The Morgan fingerprint density at radius 1 is 1.11 bits per heavy atom. The summed E-state index contributed by atoms with van der Waals surface area (Å²) < 4.78 is 36.3. The molecular formula is C12H13F3O3. The summed E-state index contributed by atoms with van der Waals surface area (Å²) in [5, 5.41) is 18.7. The number of rotatable bonds is 5. The fraction of sp³-hybridized carbons (Fsp3) is 0.417. The minimum atomic E-state index is -4.49. The van der Waals surface area contributed by atoms with Crippen molar-refractivity contribution in [1.29, 1.82) is 0 Å². The molecule has 0 aliphatic heterocycles. The molecule has 1 rings (SSSR count). The average molecular weight is 262 g/mol. The first-order valence-corrected chi connectivity index (χ1v) is 5.29. The molecule has 18 heavy (non-hydrogen) atoms. The van der Waals surface area contributed by atoms with Crippen LogP contribution in [0.5, 0.6) is 0 Å². The molecule has 0 saturated carbocycles. The second kappa shape index (κ2) is 5.39. The van der Waals surface area contributed by atoms with Crippen molar-refractivity contribution >= 4 is 5.97 Å². The van der Waals surface area contributed by atoms with Crippen LogP contribution in [0, 0.1) is 0 Å². The van der Waals surface area contributed by atoms with Crippen LogP contribution in [0.4, 0.5) is 13.2 Å². The third kappa shape index (κ3) is 4.37. The van der Waals surface area contributed by atoms with Crippen LogP contribution in [-0.2, 0) is 11.2 Å². The number of carbonyl (C=O) groups is 1. The van der Waals surface area contributed by atoms with Gasteiger partial charge in [-0.25, -0.2) is 4.79 Å². The van der Waals surface area contributed by atoms with Gasteiger partial charge < -0.3 is 10.2 Å². The van der Waals surface area contributed by atoms with E-state index < -0.39 is 30.6 Å². The lowest BCUT2D eigenvalue weighted by atomic mass is 9.90. The van der Waals surface area contributed by atoms with Gasteiger partial charge in [0.15, 0.2) is 5.60 Å². The minimum Gasteiger partial charge on any atom is -0.479 e. The molecule has 1 aromatic rings. The summed E-state index contributed by atoms with van der Waals surface area (Å²) in [6.45, 7) is 0. The molecule has 0 aliphatic rings. The number of halogens is 3. The fourth-order valence-electron chi connectivity index (χ4n) is 1.55. The third-order valence-electron chi connectivity index (χ3n) is 2.56. The monoisotopic (exact) mass is 262 g/mol. The van der Waals surface area contributed by atoms with E-state index in [0.717, 1.165) is 0 Å². The Balaban J connectivity index is 2.78. The van der Waals surface area contributed by atoms with Crippen molar-refractivity contribution in [3.8, 4) is 0 Å². The Bertz CT molecular complexity index is 403. The van der Waals surface area contributed by atoms with E-state index in [9.17, 15) is 23.1 Å². The highest BCUT2D eigenvalue weighted by atomic mass is 19.4. The zero-order chi connectivity index (χ0) is 13.8. The van der Waals surface area contributed by atoms with Gasteiger partial charge in [0.25, 0.3) is 0 Å². The van der Waals surface area contributed by atoms with Crippen molar-refractivity contribution in [2.75, 3.05) is 0 Å². The molecule has 1 atom stereocenters. The first-order chi connectivity index (χ1) is 8.23. The van der Waals surface area contributed by atoms with Crippen LogP contribution >= 0.6 is 0 Å². The van der Waals surface area contributed by atoms with Crippen LogP contribution in [0.1, 0.15) is 18.4 Å². The number of alkyl halides is 3. The summed E-state index contributed by atoms with van der Waals surface area (Å²) in [4.78, 5) is 10.9. The van der Waals surface area contributed by atoms with Crippen molar-refractivity contribution < 1.29 is 28.2 Å². The van der Waals surface area contributed by atoms with Gasteiger partial charge in [0.1, 0.15) is 0 Å². The lowest BCUT2D eigenvalue weighted by molar-refractivity contribution is -0.169. The van der Waals surface area contributed by atoms with Gasteiger partial charge in [-0.05, 0) is 12.0 Å². The Labute approximate surface area is 102 Å². The number of aliphatic hydroxyl groups is 1. The Morgan fingerprint density at radius 2 is 1.67 bits per heavy atom. The van der Waals surface area contributed by atoms with E-state index in [2.05, 4.69) is 0 Å². The van der Waals surface area contributed by atoms with Crippen LogP contribution in [0.3, 0.4) is 0 Å². The van der Waals surface area contributed by atoms with E-state index in [-0.39, 0.29) is 6.42 Å². The van der Waals surface area contributed by atoms with Crippen molar-refractivity contribution in [1.82, 2.24) is 0 Å². The summed E-state index contributed by atoms with van der Waals surface area (Å²) in [7, 11) is 0. The van der Waals surface area contributed by atoms with Crippen molar-refractivity contribution in [2.45, 2.75) is 31.0 Å². The van der Waals surface area contributed by atoms with Crippen LogP contribution in [0.2, 0.25) is 0 Å². The highest BCUT2D eigenvalue weighted by Crippen LogP contribution is 2.28. The lowest BCUT2D eigenvalue weighted by Crippen LogP contribution is -2.41. The molecule has 0 spiro atoms. The van der Waals surface area contributed by atoms with Gasteiger partial charge in [0.05, 0.1) is 0 Å². The van der Waals surface area contributed by atoms with Gasteiger partial charge in [-0.3, -0.25) is 0 Å². The first kappa shape index (κ1) is 14.5. The molecule has 100 valence electrons. The second-order valence-corrected chi connectivity index (χ2v) is 4.11. The molecule has 0 amide bonds. The summed E-state index contributed by atoms with van der Waals surface area (Å²) in [5.74, 6) is -1.64. The zero-order valence-corrected chi connectivity index (χ0v) is 9.44. The van der Waals surface area contributed by atoms with Crippen molar-refractivity contribution in [3.05, 3.63) is 35.9 Å². The molecular weight excluding hydrogens is 249 g/mol. The molecule has 2 N–H and O–H groups in total. The molecule has 0 saturated heterocycles. The topological polar surface area (TPSA) is 57.5 Å². The Morgan fingerprint density at radius 3 is 2.11 bits per heavy atom. The number of hydrogen-bond donors (Lipinski definition) is 2. The number of aliphatic carboxylic acids is 1. The molecule has 0 heterocycles. The van der Waals surface area contributed by atoms with Crippen molar-refractivity contribution in [2.24, 2.45) is 0 Å². The van der Waals surface area contributed by atoms with Gasteiger partial charge in [-0.15, -0.1) is 0 Å². The largest absolute Gasteiger partial charge is 0.479 e. The maximum Gasteiger partial charge on any atom is 0.389 e. The minimum absolute atomic E-state index is 0.348. The summed E-state index contributed by atoms with van der Waals surface area (Å²) >= 11 is 0. The maximum atomic E-state index is 12.1. The third-order valence-corrected chi connectivity index (χ3v) is 2.56. The van der Waals surface area contributed by atoms with Gasteiger partial charge in [-0.1, -0.05) is 30.3 Å². The quantitative estimate of drug-likeness (QED) is 0.856. The lowest BCUT2D eigenvalue weighted by Gasteiger charge is -2.24. The maximum absolute atomic E-state index is 12.1. The number of benzene rings is 1. The Hall–Kier alpha value is -1.56. The second-order valence-electron chi connectivity index (χ2n) is 4.11. The Kier molecular flexibility index (Phi) is 4.34. The van der Waals surface area contributed by atoms with Crippen LogP contribution < -0.4 is 0 Å². The van der Waals surface area contributed by atoms with Crippen LogP contribution in [0.25, 0.3) is 0 Å². The number of carboxylic acid groups (broad SMARTS) is 1. The zero-order valence-electron chi connectivity index (χ0n) is 9.44. The first-order valence-electron chi connectivity index (χ1n) is 5.29. The fourth-order valence-corrected chi connectivity index (χ4v) is 1.55. The molecule has 0 aliphatic carbocycles. The van der Waals surface area contributed by atoms with Gasteiger partial charge in [0, 0.05) is 12.8 Å². The predicted octanol–water partition coefficient (Wildman–Crippen LogP) is 2.39. The van der Waals surface area contributed by atoms with Gasteiger partial charge in [-0.2, -0.15) is 13.2 Å². The van der Waals surface area contributed by atoms with E-state index in [4.69, 9.17) is 5.11 Å². The van der Waals surface area contributed by atoms with Crippen molar-refractivity contribution in [3.63, 3.8) is 0 Å². The summed E-state index contributed by atoms with van der Waals surface area (Å²) in [6, 6.07) is 8.06. The highest BCUT2D eigenvalue weighted by Gasteiger charge is 2.40. The smallest absolute Gasteiger partial charge is 0.389 e. The van der Waals surface area contributed by atoms with E-state index in [1.54, 1.807) is 30.3 Å². The van der Waals surface area contributed by atoms with Crippen LogP contribution in [0.15, 0.2) is 30.3 Å². The summed E-state index contributed by atoms with van der Waals surface area (Å²) in [5.41, 5.74) is -1.92. The van der Waals surface area contributed by atoms with E-state index >= 15 is 0 Å². The summed E-state index contributed by atoms with van der Waals surface area (Å²) in [6.07, 6.45) is -7.03. The van der Waals surface area contributed by atoms with Crippen LogP contribution in [-0.4, -0.2) is 28.0 Å². The van der Waals surface area contributed by atoms with E-state index in [0.29, 0.717) is 5.56 Å². The van der Waals surface area contributed by atoms with E-state index in [1.807, 2.05) is 0 Å². The molecule has 3 nitrogen and oxygen atoms in total.